The monoisotopic (exact) mass is 289 g/mol. The Morgan fingerprint density at radius 1 is 1.38 bits per heavy atom. The summed E-state index contributed by atoms with van der Waals surface area (Å²) in [5, 5.41) is 3.09. The first-order chi connectivity index (χ1) is 10.2. The number of anilines is 1. The van der Waals surface area contributed by atoms with E-state index in [1.54, 1.807) is 12.4 Å². The number of fused-ring (bicyclic) bond motifs is 1. The van der Waals surface area contributed by atoms with Gasteiger partial charge in [-0.05, 0) is 33.2 Å². The molecular weight excluding hydrogens is 266 g/mol. The SMILES string of the molecule is CCNc1cnc(C(=O)N2CC3CCCN3CC2C)cn1. The van der Waals surface area contributed by atoms with Crippen molar-refractivity contribution >= 4 is 11.7 Å². The fraction of sp³-hybridized carbons (Fsp3) is 0.667. The highest BCUT2D eigenvalue weighted by atomic mass is 16.2. The minimum absolute atomic E-state index is 0.00426. The van der Waals surface area contributed by atoms with Gasteiger partial charge >= 0.3 is 0 Å². The van der Waals surface area contributed by atoms with Crippen LogP contribution in [0.2, 0.25) is 0 Å². The van der Waals surface area contributed by atoms with Crippen molar-refractivity contribution in [3.63, 3.8) is 0 Å². The van der Waals surface area contributed by atoms with Crippen LogP contribution in [0.5, 0.6) is 0 Å². The van der Waals surface area contributed by atoms with Gasteiger partial charge in [0.25, 0.3) is 5.91 Å². The Balaban J connectivity index is 1.71. The number of aromatic nitrogens is 2. The molecule has 1 aromatic heterocycles. The molecule has 2 aliphatic heterocycles. The van der Waals surface area contributed by atoms with Gasteiger partial charge in [-0.1, -0.05) is 0 Å². The second kappa shape index (κ2) is 5.97. The minimum atomic E-state index is 0.00426. The minimum Gasteiger partial charge on any atom is -0.369 e. The van der Waals surface area contributed by atoms with E-state index in [9.17, 15) is 4.79 Å². The average molecular weight is 289 g/mol. The number of carbonyl (C=O) groups is 1. The van der Waals surface area contributed by atoms with Crippen molar-refractivity contribution in [1.29, 1.82) is 0 Å². The van der Waals surface area contributed by atoms with Crippen LogP contribution in [-0.4, -0.2) is 63.9 Å². The molecule has 1 aromatic rings. The zero-order valence-electron chi connectivity index (χ0n) is 12.7. The second-order valence-electron chi connectivity index (χ2n) is 5.91. The van der Waals surface area contributed by atoms with Crippen molar-refractivity contribution in [2.75, 3.05) is 31.5 Å². The van der Waals surface area contributed by atoms with Crippen LogP contribution in [0.15, 0.2) is 12.4 Å². The lowest BCUT2D eigenvalue weighted by atomic mass is 10.1. The first-order valence-corrected chi connectivity index (χ1v) is 7.80. The highest BCUT2D eigenvalue weighted by Gasteiger charge is 2.37. The van der Waals surface area contributed by atoms with E-state index < -0.39 is 0 Å². The summed E-state index contributed by atoms with van der Waals surface area (Å²) in [6, 6.07) is 0.765. The molecule has 0 spiro atoms. The molecule has 6 heteroatoms. The number of piperazine rings is 1. The van der Waals surface area contributed by atoms with Crippen molar-refractivity contribution in [2.45, 2.75) is 38.8 Å². The molecule has 6 nitrogen and oxygen atoms in total. The summed E-state index contributed by atoms with van der Waals surface area (Å²) in [7, 11) is 0. The molecule has 2 fully saturated rings. The van der Waals surface area contributed by atoms with Crippen LogP contribution in [0, 0.1) is 0 Å². The van der Waals surface area contributed by atoms with Gasteiger partial charge in [-0.25, -0.2) is 9.97 Å². The topological polar surface area (TPSA) is 61.4 Å². The maximum absolute atomic E-state index is 12.7. The summed E-state index contributed by atoms with van der Waals surface area (Å²) in [5.74, 6) is 0.715. The van der Waals surface area contributed by atoms with Crippen molar-refractivity contribution in [3.05, 3.63) is 18.1 Å². The highest BCUT2D eigenvalue weighted by Crippen LogP contribution is 2.25. The van der Waals surface area contributed by atoms with Crippen LogP contribution in [0.3, 0.4) is 0 Å². The smallest absolute Gasteiger partial charge is 0.274 e. The molecule has 1 N–H and O–H groups in total. The number of hydrogen-bond acceptors (Lipinski definition) is 5. The molecule has 0 aliphatic carbocycles. The van der Waals surface area contributed by atoms with Crippen LogP contribution in [0.4, 0.5) is 5.82 Å². The Labute approximate surface area is 125 Å². The lowest BCUT2D eigenvalue weighted by Gasteiger charge is -2.42. The fourth-order valence-electron chi connectivity index (χ4n) is 3.33. The Kier molecular flexibility index (Phi) is 4.05. The quantitative estimate of drug-likeness (QED) is 0.906. The van der Waals surface area contributed by atoms with E-state index in [0.29, 0.717) is 17.6 Å². The first kappa shape index (κ1) is 14.3. The largest absolute Gasteiger partial charge is 0.369 e. The maximum atomic E-state index is 12.7. The summed E-state index contributed by atoms with van der Waals surface area (Å²) in [4.78, 5) is 25.6. The number of nitrogens with one attached hydrogen (secondary N) is 1. The molecule has 0 aromatic carbocycles. The van der Waals surface area contributed by atoms with Crippen molar-refractivity contribution in [3.8, 4) is 0 Å². The third kappa shape index (κ3) is 2.85. The van der Waals surface area contributed by atoms with E-state index in [1.165, 1.54) is 19.4 Å². The molecule has 1 amide bonds. The van der Waals surface area contributed by atoms with Crippen molar-refractivity contribution in [2.24, 2.45) is 0 Å². The Morgan fingerprint density at radius 3 is 2.95 bits per heavy atom. The molecule has 3 heterocycles. The molecule has 2 saturated heterocycles. The van der Waals surface area contributed by atoms with E-state index in [0.717, 1.165) is 19.6 Å². The standard InChI is InChI=1S/C15H23N5O/c1-3-16-14-8-17-13(7-18-14)15(21)20-10-12-5-4-6-19(12)9-11(20)2/h7-8,11-12H,3-6,9-10H2,1-2H3,(H,16,18). The van der Waals surface area contributed by atoms with Crippen LogP contribution in [0.25, 0.3) is 0 Å². The molecule has 0 saturated carbocycles. The van der Waals surface area contributed by atoms with E-state index >= 15 is 0 Å². The lowest BCUT2D eigenvalue weighted by Crippen LogP contribution is -2.56. The summed E-state index contributed by atoms with van der Waals surface area (Å²) >= 11 is 0. The third-order valence-corrected chi connectivity index (χ3v) is 4.43. The summed E-state index contributed by atoms with van der Waals surface area (Å²) in [6.45, 7) is 7.88. The lowest BCUT2D eigenvalue weighted by molar-refractivity contribution is 0.0390. The number of nitrogens with zero attached hydrogens (tertiary/aromatic N) is 4. The molecule has 21 heavy (non-hydrogen) atoms. The van der Waals surface area contributed by atoms with Gasteiger partial charge in [0.15, 0.2) is 0 Å². The highest BCUT2D eigenvalue weighted by molar-refractivity contribution is 5.92. The average Bonchev–Trinajstić information content (AvgIpc) is 2.94. The normalized spacial score (nSPS) is 25.7. The van der Waals surface area contributed by atoms with Crippen LogP contribution < -0.4 is 5.32 Å². The second-order valence-corrected chi connectivity index (χ2v) is 5.91. The van der Waals surface area contributed by atoms with E-state index in [4.69, 9.17) is 0 Å². The summed E-state index contributed by atoms with van der Waals surface area (Å²) < 4.78 is 0. The van der Waals surface area contributed by atoms with Gasteiger partial charge in [0.05, 0.1) is 12.4 Å². The van der Waals surface area contributed by atoms with E-state index in [1.807, 2.05) is 11.8 Å². The van der Waals surface area contributed by atoms with Crippen LogP contribution >= 0.6 is 0 Å². The molecular formula is C15H23N5O. The van der Waals surface area contributed by atoms with Gasteiger partial charge < -0.3 is 10.2 Å². The Morgan fingerprint density at radius 2 is 2.24 bits per heavy atom. The summed E-state index contributed by atoms with van der Waals surface area (Å²) in [5.41, 5.74) is 0.440. The fourth-order valence-corrected chi connectivity index (χ4v) is 3.33. The molecule has 0 radical (unpaired) electrons. The van der Waals surface area contributed by atoms with Crippen LogP contribution in [0.1, 0.15) is 37.2 Å². The Bertz CT molecular complexity index is 503. The molecule has 3 rings (SSSR count). The van der Waals surface area contributed by atoms with Gasteiger partial charge in [0.2, 0.25) is 0 Å². The number of rotatable bonds is 3. The number of carbonyl (C=O) groups excluding carboxylic acids is 1. The summed E-state index contributed by atoms with van der Waals surface area (Å²) in [6.07, 6.45) is 5.65. The van der Waals surface area contributed by atoms with Gasteiger partial charge in [0, 0.05) is 31.7 Å². The maximum Gasteiger partial charge on any atom is 0.274 e. The number of amides is 1. The molecule has 2 atom stereocenters. The molecule has 0 bridgehead atoms. The van der Waals surface area contributed by atoms with E-state index in [2.05, 4.69) is 27.1 Å². The van der Waals surface area contributed by atoms with Crippen LogP contribution in [-0.2, 0) is 0 Å². The zero-order chi connectivity index (χ0) is 14.8. The van der Waals surface area contributed by atoms with Gasteiger partial charge in [0.1, 0.15) is 11.5 Å². The predicted octanol–water partition coefficient (Wildman–Crippen LogP) is 1.22. The third-order valence-electron chi connectivity index (χ3n) is 4.43. The van der Waals surface area contributed by atoms with Gasteiger partial charge in [-0.2, -0.15) is 0 Å². The molecule has 114 valence electrons. The number of hydrogen-bond donors (Lipinski definition) is 1. The Hall–Kier alpha value is -1.69. The zero-order valence-corrected chi connectivity index (χ0v) is 12.7. The van der Waals surface area contributed by atoms with Crippen molar-refractivity contribution < 1.29 is 4.79 Å². The molecule has 2 aliphatic rings. The van der Waals surface area contributed by atoms with Gasteiger partial charge in [-0.3, -0.25) is 9.69 Å². The molecule has 2 unspecified atom stereocenters. The van der Waals surface area contributed by atoms with Gasteiger partial charge in [-0.15, -0.1) is 0 Å². The predicted molar refractivity (Wildman–Crippen MR) is 81.3 cm³/mol. The van der Waals surface area contributed by atoms with E-state index in [-0.39, 0.29) is 11.9 Å². The van der Waals surface area contributed by atoms with Crippen molar-refractivity contribution in [1.82, 2.24) is 19.8 Å². The first-order valence-electron chi connectivity index (χ1n) is 7.80.